The van der Waals surface area contributed by atoms with E-state index >= 15 is 0 Å². The maximum atomic E-state index is 11.2. The molecule has 7 nitrogen and oxygen atoms in total. The number of hydrogen-bond acceptors (Lipinski definition) is 6. The number of aryl methyl sites for hydroxylation is 1. The highest BCUT2D eigenvalue weighted by atomic mass is 32.2. The Hall–Kier alpha value is -3.00. The number of hydrogen-bond donors (Lipinski definition) is 1. The topological polar surface area (TPSA) is 90.9 Å². The molecule has 1 aliphatic rings. The largest absolute Gasteiger partial charge is 0.494 e. The molecule has 1 amide bonds. The van der Waals surface area contributed by atoms with Gasteiger partial charge in [0.25, 0.3) is 0 Å². The first-order valence-electron chi connectivity index (χ1n) is 9.17. The van der Waals surface area contributed by atoms with E-state index in [1.165, 1.54) is 5.37 Å². The van der Waals surface area contributed by atoms with Crippen LogP contribution in [-0.2, 0) is 21.5 Å². The smallest absolute Gasteiger partial charge is 0.224 e. The number of nitrogens with one attached hydrogen (secondary N) is 1. The normalized spacial score (nSPS) is 11.9. The fraction of sp³-hybridized carbons (Fsp3) is 0.333. The fourth-order valence-electron chi connectivity index (χ4n) is 2.69. The molecule has 1 aliphatic heterocycles. The average Bonchev–Trinajstić information content (AvgIpc) is 2.73. The molecule has 0 spiro atoms. The lowest BCUT2D eigenvalue weighted by molar-refractivity contribution is -0.116. The van der Waals surface area contributed by atoms with Crippen molar-refractivity contribution in [1.82, 2.24) is 0 Å². The van der Waals surface area contributed by atoms with Gasteiger partial charge in [-0.2, -0.15) is 8.42 Å². The van der Waals surface area contributed by atoms with Crippen molar-refractivity contribution in [3.8, 4) is 17.2 Å². The zero-order valence-corrected chi connectivity index (χ0v) is 17.3. The van der Waals surface area contributed by atoms with Gasteiger partial charge in [0, 0.05) is 17.5 Å². The van der Waals surface area contributed by atoms with Gasteiger partial charge in [0.15, 0.2) is 11.5 Å². The zero-order chi connectivity index (χ0) is 21.1. The molecule has 8 heteroatoms. The van der Waals surface area contributed by atoms with Gasteiger partial charge in [-0.1, -0.05) is 12.1 Å². The molecule has 156 valence electrons. The number of carbonyl (C=O) groups excluding carboxylic acids is 1. The molecular weight excluding hydrogens is 394 g/mol. The Labute approximate surface area is 172 Å². The molecule has 0 radical (unpaired) electrons. The van der Waals surface area contributed by atoms with Crippen molar-refractivity contribution in [2.45, 2.75) is 25.7 Å². The van der Waals surface area contributed by atoms with E-state index in [-0.39, 0.29) is 5.91 Å². The molecule has 0 saturated heterocycles. The van der Waals surface area contributed by atoms with E-state index in [0.717, 1.165) is 34.9 Å². The van der Waals surface area contributed by atoms with Crippen molar-refractivity contribution in [1.29, 1.82) is 0 Å². The Balaban J connectivity index is 0.000000253. The number of fused-ring (bicyclic) bond motifs is 1. The van der Waals surface area contributed by atoms with Crippen molar-refractivity contribution in [2.24, 2.45) is 0 Å². The Kier molecular flexibility index (Phi) is 9.04. The van der Waals surface area contributed by atoms with E-state index in [0.29, 0.717) is 25.9 Å². The molecular formula is C21H25NO6S. The molecule has 0 saturated carbocycles. The molecule has 0 aliphatic carbocycles. The van der Waals surface area contributed by atoms with Crippen LogP contribution in [-0.4, -0.2) is 40.5 Å². The van der Waals surface area contributed by atoms with Gasteiger partial charge in [-0.15, -0.1) is 0 Å². The van der Waals surface area contributed by atoms with E-state index in [4.69, 9.17) is 14.2 Å². The standard InChI is InChI=1S/C13H15NO4S.C8H10O2/c15-13-6-3-10-9-11(4-5-12(10)14-13)18-7-1-2-8-19(16)17;1-9-7-5-3-4-6-8(7)10-2/h4-5,8-9H,1-3,6-7H2,(H,14,15);3-6H,1-2H3. The van der Waals surface area contributed by atoms with Crippen molar-refractivity contribution in [3.05, 3.63) is 48.0 Å². The summed E-state index contributed by atoms with van der Waals surface area (Å²) in [5, 5.41) is 4.04. The van der Waals surface area contributed by atoms with Gasteiger partial charge in [0.05, 0.1) is 20.8 Å². The van der Waals surface area contributed by atoms with Crippen molar-refractivity contribution in [3.63, 3.8) is 0 Å². The number of benzene rings is 2. The molecule has 1 heterocycles. The first-order chi connectivity index (χ1) is 14.0. The third kappa shape index (κ3) is 7.50. The maximum absolute atomic E-state index is 11.2. The SMILES string of the molecule is COc1ccccc1OC.O=C1CCc2cc(OCCCC=S(=O)=O)ccc2N1. The van der Waals surface area contributed by atoms with Crippen LogP contribution in [0.3, 0.4) is 0 Å². The Morgan fingerprint density at radius 3 is 2.34 bits per heavy atom. The average molecular weight is 419 g/mol. The summed E-state index contributed by atoms with van der Waals surface area (Å²) in [7, 11) is 1.16. The van der Waals surface area contributed by atoms with E-state index < -0.39 is 10.3 Å². The lowest BCUT2D eigenvalue weighted by atomic mass is 10.0. The number of ether oxygens (including phenoxy) is 3. The van der Waals surface area contributed by atoms with Crippen LogP contribution in [0.5, 0.6) is 17.2 Å². The molecule has 2 aromatic rings. The number of methoxy groups -OCH3 is 2. The Morgan fingerprint density at radius 1 is 1.03 bits per heavy atom. The summed E-state index contributed by atoms with van der Waals surface area (Å²) in [6.07, 6.45) is 2.36. The predicted molar refractivity (Wildman–Crippen MR) is 113 cm³/mol. The van der Waals surface area contributed by atoms with Crippen LogP contribution in [0.1, 0.15) is 24.8 Å². The van der Waals surface area contributed by atoms with Crippen LogP contribution in [0.15, 0.2) is 42.5 Å². The molecule has 0 bridgehead atoms. The second-order valence-corrected chi connectivity index (χ2v) is 6.99. The summed E-state index contributed by atoms with van der Waals surface area (Å²) >= 11 is 0. The van der Waals surface area contributed by atoms with Crippen LogP contribution in [0.2, 0.25) is 0 Å². The van der Waals surface area contributed by atoms with Crippen LogP contribution >= 0.6 is 0 Å². The zero-order valence-electron chi connectivity index (χ0n) is 16.5. The van der Waals surface area contributed by atoms with Crippen molar-refractivity contribution in [2.75, 3.05) is 26.1 Å². The minimum absolute atomic E-state index is 0.0438. The number of rotatable bonds is 7. The van der Waals surface area contributed by atoms with E-state index in [1.807, 2.05) is 36.4 Å². The summed E-state index contributed by atoms with van der Waals surface area (Å²) in [6.45, 7) is 0.471. The molecule has 2 aromatic carbocycles. The summed E-state index contributed by atoms with van der Waals surface area (Å²) in [5.41, 5.74) is 1.92. The van der Waals surface area contributed by atoms with Crippen molar-refractivity contribution < 1.29 is 27.4 Å². The minimum Gasteiger partial charge on any atom is -0.494 e. The Bertz CT molecular complexity index is 924. The molecule has 1 N–H and O–H groups in total. The summed E-state index contributed by atoms with van der Waals surface area (Å²) < 4.78 is 36.1. The summed E-state index contributed by atoms with van der Waals surface area (Å²) in [4.78, 5) is 11.2. The molecule has 29 heavy (non-hydrogen) atoms. The van der Waals surface area contributed by atoms with Gasteiger partial charge in [0.2, 0.25) is 16.2 Å². The van der Waals surface area contributed by atoms with Gasteiger partial charge >= 0.3 is 0 Å². The monoisotopic (exact) mass is 419 g/mol. The first-order valence-corrected chi connectivity index (χ1v) is 10.3. The number of anilines is 1. The maximum Gasteiger partial charge on any atom is 0.224 e. The van der Waals surface area contributed by atoms with E-state index in [1.54, 1.807) is 20.3 Å². The highest BCUT2D eigenvalue weighted by Gasteiger charge is 2.14. The highest BCUT2D eigenvalue weighted by Crippen LogP contribution is 2.27. The van der Waals surface area contributed by atoms with Gasteiger partial charge in [-0.3, -0.25) is 4.79 Å². The molecule has 0 unspecified atom stereocenters. The quantitative estimate of drug-likeness (QED) is 0.548. The molecule has 0 fully saturated rings. The van der Waals surface area contributed by atoms with Crippen molar-refractivity contribution >= 4 is 27.3 Å². The fourth-order valence-corrected chi connectivity index (χ4v) is 3.05. The molecule has 0 atom stereocenters. The van der Waals surface area contributed by atoms with Gasteiger partial charge in [0.1, 0.15) is 5.75 Å². The first kappa shape index (κ1) is 22.3. The molecule has 0 aromatic heterocycles. The van der Waals surface area contributed by atoms with Gasteiger partial charge < -0.3 is 19.5 Å². The molecule has 3 rings (SSSR count). The van der Waals surface area contributed by atoms with Crippen LogP contribution in [0.25, 0.3) is 0 Å². The van der Waals surface area contributed by atoms with Crippen LogP contribution in [0, 0.1) is 0 Å². The van der Waals surface area contributed by atoms with Crippen LogP contribution < -0.4 is 19.5 Å². The minimum atomic E-state index is -2.09. The van der Waals surface area contributed by atoms with Crippen LogP contribution in [0.4, 0.5) is 5.69 Å². The third-order valence-corrected chi connectivity index (χ3v) is 4.64. The van der Waals surface area contributed by atoms with E-state index in [2.05, 4.69) is 5.32 Å². The second kappa shape index (κ2) is 11.8. The lowest BCUT2D eigenvalue weighted by Gasteiger charge is -2.17. The number of amides is 1. The number of unbranched alkanes of at least 4 members (excludes halogenated alkanes) is 1. The third-order valence-electron chi connectivity index (χ3n) is 4.13. The summed E-state index contributed by atoms with van der Waals surface area (Å²) in [6, 6.07) is 13.1. The lowest BCUT2D eigenvalue weighted by Crippen LogP contribution is -2.18. The van der Waals surface area contributed by atoms with E-state index in [9.17, 15) is 13.2 Å². The van der Waals surface area contributed by atoms with Gasteiger partial charge in [-0.25, -0.2) is 0 Å². The Morgan fingerprint density at radius 2 is 1.72 bits per heavy atom. The predicted octanol–water partition coefficient (Wildman–Crippen LogP) is 3.12. The number of para-hydroxylation sites is 2. The highest BCUT2D eigenvalue weighted by molar-refractivity contribution is 7.71. The second-order valence-electron chi connectivity index (χ2n) is 6.14. The summed E-state index contributed by atoms with van der Waals surface area (Å²) in [5.74, 6) is 2.33. The van der Waals surface area contributed by atoms with Gasteiger partial charge in [-0.05, 0) is 55.2 Å². The number of carbonyl (C=O) groups is 1.